The first-order valence-corrected chi connectivity index (χ1v) is 7.75. The van der Waals surface area contributed by atoms with Gasteiger partial charge in [0, 0.05) is 23.7 Å². The normalized spacial score (nSPS) is 17.5. The molecule has 0 aromatic heterocycles. The molecule has 0 radical (unpaired) electrons. The van der Waals surface area contributed by atoms with E-state index in [9.17, 15) is 4.79 Å². The van der Waals surface area contributed by atoms with Crippen LogP contribution in [0.5, 0.6) is 0 Å². The van der Waals surface area contributed by atoms with E-state index in [-0.39, 0.29) is 5.91 Å². The van der Waals surface area contributed by atoms with E-state index in [1.54, 1.807) is 19.2 Å². The molecule has 1 aromatic rings. The van der Waals surface area contributed by atoms with Crippen molar-refractivity contribution in [1.82, 2.24) is 10.6 Å². The van der Waals surface area contributed by atoms with Crippen molar-refractivity contribution < 1.29 is 9.53 Å². The fraction of sp³-hybridized carbons (Fsp3) is 0.533. The Morgan fingerprint density at radius 3 is 2.71 bits per heavy atom. The molecule has 1 fully saturated rings. The van der Waals surface area contributed by atoms with Gasteiger partial charge >= 0.3 is 0 Å². The van der Waals surface area contributed by atoms with Gasteiger partial charge in [0.1, 0.15) is 0 Å². The summed E-state index contributed by atoms with van der Waals surface area (Å²) in [5, 5.41) is 7.40. The zero-order valence-electron chi connectivity index (χ0n) is 12.0. The lowest BCUT2D eigenvalue weighted by Gasteiger charge is -2.35. The predicted molar refractivity (Wildman–Crippen MR) is 84.7 cm³/mol. The molecule has 1 aliphatic heterocycles. The van der Waals surface area contributed by atoms with Crippen LogP contribution in [0, 0.1) is 5.41 Å². The third-order valence-corrected chi connectivity index (χ3v) is 4.50. The van der Waals surface area contributed by atoms with E-state index in [0.717, 1.165) is 31.5 Å². The maximum atomic E-state index is 12.6. The Balaban J connectivity index is 2.01. The number of hydrogen-bond donors (Lipinski definition) is 2. The zero-order valence-corrected chi connectivity index (χ0v) is 13.6. The average molecular weight is 331 g/mol. The molecule has 21 heavy (non-hydrogen) atoms. The molecule has 0 atom stereocenters. The van der Waals surface area contributed by atoms with Crippen molar-refractivity contribution in [2.45, 2.75) is 19.4 Å². The predicted octanol–water partition coefficient (Wildman–Crippen LogP) is 2.63. The van der Waals surface area contributed by atoms with Gasteiger partial charge in [0.05, 0.1) is 12.0 Å². The highest BCUT2D eigenvalue weighted by atomic mass is 35.5. The Morgan fingerprint density at radius 2 is 2.10 bits per heavy atom. The minimum atomic E-state index is -0.446. The van der Waals surface area contributed by atoms with E-state index >= 15 is 0 Å². The molecular formula is C15H20Cl2N2O2. The Kier molecular flexibility index (Phi) is 5.88. The molecule has 1 heterocycles. The van der Waals surface area contributed by atoms with E-state index < -0.39 is 5.41 Å². The van der Waals surface area contributed by atoms with Gasteiger partial charge in [0.15, 0.2) is 0 Å². The third-order valence-electron chi connectivity index (χ3n) is 3.92. The highest BCUT2D eigenvalue weighted by Gasteiger charge is 2.39. The van der Waals surface area contributed by atoms with Gasteiger partial charge in [-0.1, -0.05) is 29.3 Å². The second-order valence-electron chi connectivity index (χ2n) is 5.38. The minimum Gasteiger partial charge on any atom is -0.384 e. The molecule has 6 heteroatoms. The summed E-state index contributed by atoms with van der Waals surface area (Å²) < 4.78 is 5.27. The van der Waals surface area contributed by atoms with E-state index in [4.69, 9.17) is 27.9 Å². The molecule has 1 aromatic carbocycles. The summed E-state index contributed by atoms with van der Waals surface area (Å²) in [4.78, 5) is 12.6. The van der Waals surface area contributed by atoms with Gasteiger partial charge in [-0.05, 0) is 43.6 Å². The lowest BCUT2D eigenvalue weighted by molar-refractivity contribution is -0.136. The molecular weight excluding hydrogens is 311 g/mol. The molecule has 2 rings (SSSR count). The first-order valence-electron chi connectivity index (χ1n) is 6.99. The number of nitrogens with one attached hydrogen (secondary N) is 2. The molecule has 0 aliphatic carbocycles. The van der Waals surface area contributed by atoms with Crippen LogP contribution in [0.2, 0.25) is 10.0 Å². The number of ether oxygens (including phenoxy) is 1. The number of carbonyl (C=O) groups excluding carboxylic acids is 1. The Morgan fingerprint density at radius 1 is 1.38 bits per heavy atom. The summed E-state index contributed by atoms with van der Waals surface area (Å²) in [5.41, 5.74) is 0.412. The number of halogens is 2. The Hall–Kier alpha value is -0.810. The lowest BCUT2D eigenvalue weighted by atomic mass is 9.78. The second-order valence-corrected chi connectivity index (χ2v) is 6.23. The van der Waals surface area contributed by atoms with Gasteiger partial charge in [0.2, 0.25) is 5.91 Å². The lowest BCUT2D eigenvalue weighted by Crippen LogP contribution is -2.49. The summed E-state index contributed by atoms with van der Waals surface area (Å²) in [5.74, 6) is 0.0249. The van der Waals surface area contributed by atoms with Crippen molar-refractivity contribution in [3.8, 4) is 0 Å². The molecule has 1 amide bonds. The van der Waals surface area contributed by atoms with Gasteiger partial charge in [-0.3, -0.25) is 4.79 Å². The van der Waals surface area contributed by atoms with Crippen LogP contribution >= 0.6 is 23.2 Å². The molecule has 0 unspecified atom stereocenters. The number of carbonyl (C=O) groups is 1. The third kappa shape index (κ3) is 4.10. The Bertz CT molecular complexity index is 497. The van der Waals surface area contributed by atoms with Crippen molar-refractivity contribution >= 4 is 29.1 Å². The van der Waals surface area contributed by atoms with Crippen LogP contribution in [0.1, 0.15) is 18.4 Å². The number of methoxy groups -OCH3 is 1. The van der Waals surface area contributed by atoms with Crippen molar-refractivity contribution in [3.63, 3.8) is 0 Å². The van der Waals surface area contributed by atoms with E-state index in [2.05, 4.69) is 10.6 Å². The number of benzene rings is 1. The SMILES string of the molecule is COCC1(C(=O)NCc2ccc(Cl)cc2Cl)CCNCC1. The van der Waals surface area contributed by atoms with Gasteiger partial charge < -0.3 is 15.4 Å². The maximum absolute atomic E-state index is 12.6. The second kappa shape index (κ2) is 7.45. The molecule has 2 N–H and O–H groups in total. The number of hydrogen-bond acceptors (Lipinski definition) is 3. The summed E-state index contributed by atoms with van der Waals surface area (Å²) in [6.45, 7) is 2.50. The molecule has 1 saturated heterocycles. The van der Waals surface area contributed by atoms with Gasteiger partial charge in [-0.15, -0.1) is 0 Å². The fourth-order valence-corrected chi connectivity index (χ4v) is 3.12. The standard InChI is InChI=1S/C15H20Cl2N2O2/c1-21-10-15(4-6-18-7-5-15)14(20)19-9-11-2-3-12(16)8-13(11)17/h2-3,8,18H,4-7,9-10H2,1H3,(H,19,20). The van der Waals surface area contributed by atoms with E-state index in [0.29, 0.717) is 23.2 Å². The van der Waals surface area contributed by atoms with Crippen molar-refractivity contribution in [2.75, 3.05) is 26.8 Å². The van der Waals surface area contributed by atoms with Crippen LogP contribution in [0.3, 0.4) is 0 Å². The minimum absolute atomic E-state index is 0.0249. The van der Waals surface area contributed by atoms with Gasteiger partial charge in [0.25, 0.3) is 0 Å². The number of amides is 1. The highest BCUT2D eigenvalue weighted by molar-refractivity contribution is 6.35. The van der Waals surface area contributed by atoms with Crippen LogP contribution in [0.15, 0.2) is 18.2 Å². The van der Waals surface area contributed by atoms with Crippen LogP contribution in [0.4, 0.5) is 0 Å². The average Bonchev–Trinajstić information content (AvgIpc) is 2.47. The molecule has 116 valence electrons. The summed E-state index contributed by atoms with van der Waals surface area (Å²) in [6, 6.07) is 5.28. The van der Waals surface area contributed by atoms with Crippen LogP contribution in [-0.2, 0) is 16.1 Å². The molecule has 0 saturated carbocycles. The van der Waals surface area contributed by atoms with Crippen LogP contribution in [0.25, 0.3) is 0 Å². The van der Waals surface area contributed by atoms with Crippen molar-refractivity contribution in [3.05, 3.63) is 33.8 Å². The topological polar surface area (TPSA) is 50.4 Å². The summed E-state index contributed by atoms with van der Waals surface area (Å²) >= 11 is 12.0. The number of rotatable bonds is 5. The van der Waals surface area contributed by atoms with Crippen molar-refractivity contribution in [1.29, 1.82) is 0 Å². The van der Waals surface area contributed by atoms with E-state index in [1.807, 2.05) is 6.07 Å². The van der Waals surface area contributed by atoms with Gasteiger partial charge in [-0.2, -0.15) is 0 Å². The van der Waals surface area contributed by atoms with Crippen molar-refractivity contribution in [2.24, 2.45) is 5.41 Å². The quantitative estimate of drug-likeness (QED) is 0.872. The van der Waals surface area contributed by atoms with Gasteiger partial charge in [-0.25, -0.2) is 0 Å². The monoisotopic (exact) mass is 330 g/mol. The molecule has 1 aliphatic rings. The first-order chi connectivity index (χ1) is 10.1. The highest BCUT2D eigenvalue weighted by Crippen LogP contribution is 2.30. The molecule has 4 nitrogen and oxygen atoms in total. The zero-order chi connectivity index (χ0) is 15.3. The smallest absolute Gasteiger partial charge is 0.228 e. The number of piperidine rings is 1. The first kappa shape index (κ1) is 16.6. The maximum Gasteiger partial charge on any atom is 0.228 e. The summed E-state index contributed by atoms with van der Waals surface area (Å²) in [7, 11) is 1.63. The van der Waals surface area contributed by atoms with Crippen LogP contribution < -0.4 is 10.6 Å². The molecule has 0 spiro atoms. The molecule has 0 bridgehead atoms. The largest absolute Gasteiger partial charge is 0.384 e. The van der Waals surface area contributed by atoms with E-state index in [1.165, 1.54) is 0 Å². The van der Waals surface area contributed by atoms with Crippen LogP contribution in [-0.4, -0.2) is 32.7 Å². The Labute approximate surface area is 135 Å². The fourth-order valence-electron chi connectivity index (χ4n) is 2.65. The summed E-state index contributed by atoms with van der Waals surface area (Å²) in [6.07, 6.45) is 1.56.